The zero-order valence-electron chi connectivity index (χ0n) is 14.4. The third-order valence-electron chi connectivity index (χ3n) is 4.44. The highest BCUT2D eigenvalue weighted by atomic mass is 79.9. The van der Waals surface area contributed by atoms with Gasteiger partial charge in [-0.1, -0.05) is 42.8 Å². The molecule has 132 valence electrons. The number of nitrogens with two attached hydrogens (primary N) is 1. The summed E-state index contributed by atoms with van der Waals surface area (Å²) in [5.74, 6) is -0.515. The van der Waals surface area contributed by atoms with E-state index in [-0.39, 0.29) is 10.6 Å². The van der Waals surface area contributed by atoms with Crippen LogP contribution >= 0.6 is 15.9 Å². The van der Waals surface area contributed by atoms with Gasteiger partial charge in [-0.25, -0.2) is 17.9 Å². The van der Waals surface area contributed by atoms with Gasteiger partial charge in [-0.3, -0.25) is 0 Å². The van der Waals surface area contributed by atoms with E-state index >= 15 is 0 Å². The molecular weight excluding hydrogens is 401 g/mol. The zero-order chi connectivity index (χ0) is 18.2. The maximum absolute atomic E-state index is 14.4. The molecular formula is C15H25BrFNO3SSi. The molecule has 0 aromatic heterocycles. The normalized spacial score (nSPS) is 16.2. The molecule has 0 amide bonds. The Hall–Kier alpha value is -0.283. The summed E-state index contributed by atoms with van der Waals surface area (Å²) in [7, 11) is -6.20. The number of sulfonamides is 1. The van der Waals surface area contributed by atoms with Gasteiger partial charge >= 0.3 is 0 Å². The van der Waals surface area contributed by atoms with Gasteiger partial charge in [-0.2, -0.15) is 0 Å². The number of rotatable bonds is 5. The molecule has 0 saturated carbocycles. The summed E-state index contributed by atoms with van der Waals surface area (Å²) in [6.07, 6.45) is -0.945. The molecule has 0 bridgehead atoms. The van der Waals surface area contributed by atoms with E-state index in [1.54, 1.807) is 12.1 Å². The Morgan fingerprint density at radius 3 is 2.22 bits per heavy atom. The predicted octanol–water partition coefficient (Wildman–Crippen LogP) is 4.33. The van der Waals surface area contributed by atoms with Crippen LogP contribution in [0, 0.1) is 5.82 Å². The predicted molar refractivity (Wildman–Crippen MR) is 97.7 cm³/mol. The second-order valence-corrected chi connectivity index (χ2v) is 14.9. The van der Waals surface area contributed by atoms with Crippen molar-refractivity contribution in [3.05, 3.63) is 34.1 Å². The maximum Gasteiger partial charge on any atom is 0.214 e. The fourth-order valence-corrected chi connectivity index (χ4v) is 4.11. The summed E-state index contributed by atoms with van der Waals surface area (Å²) in [6.45, 7) is 11.6. The van der Waals surface area contributed by atoms with Crippen LogP contribution in [0.15, 0.2) is 22.7 Å². The monoisotopic (exact) mass is 425 g/mol. The SMILES string of the molecule is C[C@H]([C@@H](O[Si](C)(C)C(C)(C)C)c1ccc(Br)cc1F)S(N)(=O)=O. The summed E-state index contributed by atoms with van der Waals surface area (Å²) < 4.78 is 44.9. The van der Waals surface area contributed by atoms with Crippen molar-refractivity contribution in [2.24, 2.45) is 5.14 Å². The summed E-state index contributed by atoms with van der Waals surface area (Å²) in [5.41, 5.74) is 0.208. The molecule has 1 rings (SSSR count). The van der Waals surface area contributed by atoms with Gasteiger partial charge in [0.25, 0.3) is 0 Å². The van der Waals surface area contributed by atoms with Crippen molar-refractivity contribution < 1.29 is 17.2 Å². The van der Waals surface area contributed by atoms with Gasteiger partial charge < -0.3 is 4.43 Å². The summed E-state index contributed by atoms with van der Waals surface area (Å²) >= 11 is 3.20. The lowest BCUT2D eigenvalue weighted by Crippen LogP contribution is -2.45. The number of benzene rings is 1. The van der Waals surface area contributed by atoms with Crippen molar-refractivity contribution in [1.29, 1.82) is 0 Å². The summed E-state index contributed by atoms with van der Waals surface area (Å²) in [4.78, 5) is 0. The molecule has 0 unspecified atom stereocenters. The Kier molecular flexibility index (Phi) is 6.24. The minimum Gasteiger partial charge on any atom is -0.408 e. The van der Waals surface area contributed by atoms with E-state index < -0.39 is 35.5 Å². The second-order valence-electron chi connectivity index (χ2n) is 7.26. The minimum atomic E-state index is -3.88. The summed E-state index contributed by atoms with van der Waals surface area (Å²) in [6, 6.07) is 4.50. The first-order chi connectivity index (χ1) is 10.2. The first-order valence-corrected chi connectivity index (χ1v) is 12.6. The van der Waals surface area contributed by atoms with E-state index in [1.807, 2.05) is 33.9 Å². The van der Waals surface area contributed by atoms with Gasteiger partial charge in [0, 0.05) is 10.0 Å². The standard InChI is InChI=1S/C15H25BrFNO3SSi/c1-10(22(18,19)20)14(21-23(5,6)15(2,3)4)12-8-7-11(16)9-13(12)17/h7-10,14H,1-6H3,(H2,18,19,20)/t10-,14-/m1/s1. The quantitative estimate of drug-likeness (QED) is 0.713. The highest BCUT2D eigenvalue weighted by Crippen LogP contribution is 2.41. The smallest absolute Gasteiger partial charge is 0.214 e. The third-order valence-corrected chi connectivity index (χ3v) is 10.7. The fraction of sp³-hybridized carbons (Fsp3) is 0.600. The van der Waals surface area contributed by atoms with Gasteiger partial charge in [0.15, 0.2) is 8.32 Å². The largest absolute Gasteiger partial charge is 0.408 e. The van der Waals surface area contributed by atoms with Crippen LogP contribution in [0.1, 0.15) is 39.4 Å². The number of hydrogen-bond donors (Lipinski definition) is 1. The van der Waals surface area contributed by atoms with Crippen LogP contribution in [0.5, 0.6) is 0 Å². The lowest BCUT2D eigenvalue weighted by molar-refractivity contribution is 0.177. The molecule has 2 atom stereocenters. The lowest BCUT2D eigenvalue weighted by Gasteiger charge is -2.40. The number of halogens is 2. The Morgan fingerprint density at radius 1 is 1.30 bits per heavy atom. The number of primary sulfonamides is 1. The zero-order valence-corrected chi connectivity index (χ0v) is 17.8. The fourth-order valence-electron chi connectivity index (χ4n) is 1.81. The Bertz CT molecular complexity index is 674. The van der Waals surface area contributed by atoms with Crippen LogP contribution in [0.3, 0.4) is 0 Å². The van der Waals surface area contributed by atoms with Crippen LogP contribution in [-0.2, 0) is 14.4 Å². The number of hydrogen-bond acceptors (Lipinski definition) is 3. The molecule has 0 aliphatic rings. The maximum atomic E-state index is 14.4. The molecule has 0 radical (unpaired) electrons. The molecule has 0 saturated heterocycles. The average molecular weight is 426 g/mol. The van der Waals surface area contributed by atoms with Crippen molar-refractivity contribution in [3.8, 4) is 0 Å². The van der Waals surface area contributed by atoms with Gasteiger partial charge in [0.05, 0.1) is 6.10 Å². The van der Waals surface area contributed by atoms with Gasteiger partial charge in [-0.05, 0) is 37.2 Å². The van der Waals surface area contributed by atoms with Crippen molar-refractivity contribution in [2.75, 3.05) is 0 Å². The van der Waals surface area contributed by atoms with Crippen LogP contribution in [0.2, 0.25) is 18.1 Å². The van der Waals surface area contributed by atoms with Crippen molar-refractivity contribution in [3.63, 3.8) is 0 Å². The first-order valence-electron chi connectivity index (χ1n) is 7.31. The van der Waals surface area contributed by atoms with Crippen LogP contribution in [-0.4, -0.2) is 22.0 Å². The average Bonchev–Trinajstić information content (AvgIpc) is 2.33. The van der Waals surface area contributed by atoms with E-state index in [1.165, 1.54) is 13.0 Å². The van der Waals surface area contributed by atoms with Crippen LogP contribution in [0.25, 0.3) is 0 Å². The molecule has 2 N–H and O–H groups in total. The molecule has 23 heavy (non-hydrogen) atoms. The van der Waals surface area contributed by atoms with Gasteiger partial charge in [0.2, 0.25) is 10.0 Å². The molecule has 8 heteroatoms. The van der Waals surface area contributed by atoms with E-state index in [2.05, 4.69) is 15.9 Å². The lowest BCUT2D eigenvalue weighted by atomic mass is 10.1. The molecule has 0 heterocycles. The highest BCUT2D eigenvalue weighted by molar-refractivity contribution is 9.10. The minimum absolute atomic E-state index is 0.144. The van der Waals surface area contributed by atoms with E-state index in [4.69, 9.17) is 9.56 Å². The Labute approximate surface area is 147 Å². The summed E-state index contributed by atoms with van der Waals surface area (Å²) in [5, 5.41) is 4.11. The molecule has 0 aliphatic carbocycles. The van der Waals surface area contributed by atoms with E-state index in [0.29, 0.717) is 4.47 Å². The Morgan fingerprint density at radius 2 is 1.83 bits per heavy atom. The second kappa shape index (κ2) is 6.91. The molecule has 0 spiro atoms. The van der Waals surface area contributed by atoms with E-state index in [9.17, 15) is 12.8 Å². The van der Waals surface area contributed by atoms with Crippen molar-refractivity contribution >= 4 is 34.3 Å². The van der Waals surface area contributed by atoms with Crippen LogP contribution in [0.4, 0.5) is 4.39 Å². The molecule has 0 aliphatic heterocycles. The Balaban J connectivity index is 3.39. The molecule has 4 nitrogen and oxygen atoms in total. The van der Waals surface area contributed by atoms with Gasteiger partial charge in [-0.15, -0.1) is 0 Å². The molecule has 1 aromatic carbocycles. The molecule has 1 aromatic rings. The van der Waals surface area contributed by atoms with Gasteiger partial charge in [0.1, 0.15) is 11.1 Å². The van der Waals surface area contributed by atoms with Crippen molar-refractivity contribution in [2.45, 2.75) is 57.2 Å². The molecule has 0 fully saturated rings. The van der Waals surface area contributed by atoms with E-state index in [0.717, 1.165) is 0 Å². The topological polar surface area (TPSA) is 69.4 Å². The van der Waals surface area contributed by atoms with Crippen molar-refractivity contribution in [1.82, 2.24) is 0 Å². The first kappa shape index (κ1) is 20.8. The van der Waals surface area contributed by atoms with Crippen LogP contribution < -0.4 is 5.14 Å². The highest BCUT2D eigenvalue weighted by Gasteiger charge is 2.43. The third kappa shape index (κ3) is 5.09.